The van der Waals surface area contributed by atoms with E-state index in [2.05, 4.69) is 18.7 Å². The zero-order chi connectivity index (χ0) is 17.8. The zero-order valence-electron chi connectivity index (χ0n) is 14.3. The molecule has 8 heteroatoms. The third-order valence-electron chi connectivity index (χ3n) is 4.84. The molecule has 2 saturated heterocycles. The first kappa shape index (κ1) is 16.9. The molecule has 3 aliphatic rings. The van der Waals surface area contributed by atoms with Crippen molar-refractivity contribution in [3.63, 3.8) is 0 Å². The van der Waals surface area contributed by atoms with Gasteiger partial charge in [-0.15, -0.1) is 0 Å². The summed E-state index contributed by atoms with van der Waals surface area (Å²) in [4.78, 5) is 4.08. The molecule has 2 unspecified atom stereocenters. The maximum atomic E-state index is 12.3. The average Bonchev–Trinajstić information content (AvgIpc) is 2.98. The van der Waals surface area contributed by atoms with Crippen molar-refractivity contribution >= 4 is 32.9 Å². The van der Waals surface area contributed by atoms with Crippen LogP contribution in [0, 0.1) is 5.92 Å². The second-order valence-electron chi connectivity index (χ2n) is 7.24. The van der Waals surface area contributed by atoms with Crippen molar-refractivity contribution in [3.8, 4) is 11.5 Å². The highest BCUT2D eigenvalue weighted by Crippen LogP contribution is 2.40. The number of sulfone groups is 1. The lowest BCUT2D eigenvalue weighted by Crippen LogP contribution is -2.39. The predicted octanol–water partition coefficient (Wildman–Crippen LogP) is 1.69. The lowest BCUT2D eigenvalue weighted by molar-refractivity contribution is 0.171. The molecular weight excluding hydrogens is 360 g/mol. The van der Waals surface area contributed by atoms with Crippen molar-refractivity contribution in [1.29, 1.82) is 0 Å². The number of thiocarbonyl (C=S) groups is 1. The van der Waals surface area contributed by atoms with E-state index in [0.717, 1.165) is 18.0 Å². The largest absolute Gasteiger partial charge is 0.486 e. The first-order chi connectivity index (χ1) is 11.9. The lowest BCUT2D eigenvalue weighted by Gasteiger charge is -2.28. The Labute approximate surface area is 153 Å². The Balaban J connectivity index is 1.71. The van der Waals surface area contributed by atoms with E-state index < -0.39 is 9.84 Å². The summed E-state index contributed by atoms with van der Waals surface area (Å²) in [6.07, 6.45) is 0. The Morgan fingerprint density at radius 3 is 2.56 bits per heavy atom. The van der Waals surface area contributed by atoms with Gasteiger partial charge in [0.15, 0.2) is 26.4 Å². The van der Waals surface area contributed by atoms with Gasteiger partial charge in [0.1, 0.15) is 13.2 Å². The van der Waals surface area contributed by atoms with Crippen molar-refractivity contribution in [2.24, 2.45) is 5.92 Å². The highest BCUT2D eigenvalue weighted by Gasteiger charge is 2.52. The Morgan fingerprint density at radius 2 is 1.84 bits per heavy atom. The fourth-order valence-electron chi connectivity index (χ4n) is 3.87. The van der Waals surface area contributed by atoms with Gasteiger partial charge >= 0.3 is 0 Å². The van der Waals surface area contributed by atoms with Crippen LogP contribution < -0.4 is 14.4 Å². The van der Waals surface area contributed by atoms with E-state index in [4.69, 9.17) is 21.7 Å². The second-order valence-corrected chi connectivity index (χ2v) is 9.76. The van der Waals surface area contributed by atoms with E-state index in [1.54, 1.807) is 0 Å². The molecule has 0 saturated carbocycles. The van der Waals surface area contributed by atoms with Gasteiger partial charge in [-0.2, -0.15) is 0 Å². The van der Waals surface area contributed by atoms with Gasteiger partial charge in [0.05, 0.1) is 23.6 Å². The van der Waals surface area contributed by atoms with Crippen LogP contribution in [0.4, 0.5) is 5.69 Å². The molecule has 0 aromatic heterocycles. The number of nitrogens with zero attached hydrogens (tertiary/aromatic N) is 2. The molecule has 0 N–H and O–H groups in total. The fraction of sp³-hybridized carbons (Fsp3) is 0.588. The molecule has 1 aromatic carbocycles. The number of rotatable bonds is 3. The average molecular weight is 383 g/mol. The van der Waals surface area contributed by atoms with Gasteiger partial charge < -0.3 is 19.3 Å². The summed E-state index contributed by atoms with van der Waals surface area (Å²) in [5.41, 5.74) is 0.868. The van der Waals surface area contributed by atoms with Crippen LogP contribution in [0.2, 0.25) is 0 Å². The van der Waals surface area contributed by atoms with Crippen molar-refractivity contribution < 1.29 is 17.9 Å². The topological polar surface area (TPSA) is 59.1 Å². The van der Waals surface area contributed by atoms with Crippen molar-refractivity contribution in [3.05, 3.63) is 18.2 Å². The highest BCUT2D eigenvalue weighted by molar-refractivity contribution is 7.91. The first-order valence-electron chi connectivity index (χ1n) is 8.55. The van der Waals surface area contributed by atoms with E-state index in [0.29, 0.717) is 30.0 Å². The number of fused-ring (bicyclic) bond motifs is 2. The van der Waals surface area contributed by atoms with Crippen molar-refractivity contribution in [1.82, 2.24) is 4.90 Å². The molecule has 0 radical (unpaired) electrons. The monoisotopic (exact) mass is 382 g/mol. The number of hydrogen-bond donors (Lipinski definition) is 0. The van der Waals surface area contributed by atoms with Crippen molar-refractivity contribution in [2.45, 2.75) is 25.9 Å². The van der Waals surface area contributed by atoms with Crippen LogP contribution in [-0.2, 0) is 9.84 Å². The third-order valence-corrected chi connectivity index (χ3v) is 6.97. The molecular formula is C17H22N2O4S2. The van der Waals surface area contributed by atoms with Crippen LogP contribution >= 0.6 is 12.2 Å². The molecule has 0 aliphatic carbocycles. The second kappa shape index (κ2) is 6.02. The molecule has 0 spiro atoms. The van der Waals surface area contributed by atoms with Crippen LogP contribution in [0.3, 0.4) is 0 Å². The summed E-state index contributed by atoms with van der Waals surface area (Å²) in [6.45, 7) is 6.05. The molecule has 0 bridgehead atoms. The van der Waals surface area contributed by atoms with Gasteiger partial charge in [0, 0.05) is 18.3 Å². The van der Waals surface area contributed by atoms with Gasteiger partial charge in [-0.1, -0.05) is 13.8 Å². The van der Waals surface area contributed by atoms with E-state index in [9.17, 15) is 8.42 Å². The maximum absolute atomic E-state index is 12.3. The van der Waals surface area contributed by atoms with E-state index >= 15 is 0 Å². The highest BCUT2D eigenvalue weighted by atomic mass is 32.2. The molecule has 3 aliphatic heterocycles. The molecule has 1 aromatic rings. The summed E-state index contributed by atoms with van der Waals surface area (Å²) in [5, 5.41) is 0.704. The van der Waals surface area contributed by atoms with Crippen molar-refractivity contribution in [2.75, 3.05) is 36.2 Å². The molecule has 4 rings (SSSR count). The van der Waals surface area contributed by atoms with Crippen LogP contribution in [0.1, 0.15) is 13.8 Å². The molecule has 25 heavy (non-hydrogen) atoms. The Kier molecular flexibility index (Phi) is 4.07. The molecule has 0 amide bonds. The molecule has 136 valence electrons. The Morgan fingerprint density at radius 1 is 1.16 bits per heavy atom. The maximum Gasteiger partial charge on any atom is 0.176 e. The van der Waals surface area contributed by atoms with Gasteiger partial charge in [0.2, 0.25) is 0 Å². The van der Waals surface area contributed by atoms with E-state index in [-0.39, 0.29) is 23.6 Å². The van der Waals surface area contributed by atoms with Gasteiger partial charge in [-0.3, -0.25) is 0 Å². The summed E-state index contributed by atoms with van der Waals surface area (Å²) in [7, 11) is -3.05. The molecule has 6 nitrogen and oxygen atoms in total. The fourth-order valence-corrected chi connectivity index (χ4v) is 6.27. The van der Waals surface area contributed by atoms with E-state index in [1.807, 2.05) is 23.1 Å². The van der Waals surface area contributed by atoms with Gasteiger partial charge in [-0.05, 0) is 30.3 Å². The van der Waals surface area contributed by atoms with E-state index in [1.165, 1.54) is 0 Å². The normalized spacial score (nSPS) is 27.1. The minimum absolute atomic E-state index is 0.0758. The summed E-state index contributed by atoms with van der Waals surface area (Å²) in [5.74, 6) is 2.12. The number of anilines is 1. The van der Waals surface area contributed by atoms with Gasteiger partial charge in [0.25, 0.3) is 0 Å². The standard InChI is InChI=1S/C17H22N2O4S2/c1-11(2)8-18-13-9-25(20,21)10-14(13)19(17(18)24)12-3-4-15-16(7-12)23-6-5-22-15/h3-4,7,11,13-14H,5-6,8-10H2,1-2H3. The minimum Gasteiger partial charge on any atom is -0.486 e. The number of benzene rings is 1. The molecule has 2 fully saturated rings. The minimum atomic E-state index is -3.05. The van der Waals surface area contributed by atoms with Crippen LogP contribution in [0.15, 0.2) is 18.2 Å². The summed E-state index contributed by atoms with van der Waals surface area (Å²) in [6, 6.07) is 5.49. The van der Waals surface area contributed by atoms with Crippen LogP contribution in [0.25, 0.3) is 0 Å². The SMILES string of the molecule is CC(C)CN1C(=S)N(c2ccc3c(c2)OCCO3)C2CS(=O)(=O)CC21. The number of hydrogen-bond acceptors (Lipinski definition) is 5. The smallest absolute Gasteiger partial charge is 0.176 e. The van der Waals surface area contributed by atoms with Crippen LogP contribution in [0.5, 0.6) is 11.5 Å². The lowest BCUT2D eigenvalue weighted by atomic mass is 10.1. The Hall–Kier alpha value is -1.54. The van der Waals surface area contributed by atoms with Crippen LogP contribution in [-0.4, -0.2) is 61.8 Å². The quantitative estimate of drug-likeness (QED) is 0.737. The first-order valence-corrected chi connectivity index (χ1v) is 10.8. The third kappa shape index (κ3) is 2.95. The number of ether oxygens (including phenoxy) is 2. The van der Waals surface area contributed by atoms with Gasteiger partial charge in [-0.25, -0.2) is 8.42 Å². The summed E-state index contributed by atoms with van der Waals surface area (Å²) >= 11 is 5.73. The molecule has 2 atom stereocenters. The molecule has 3 heterocycles. The zero-order valence-corrected chi connectivity index (χ0v) is 16.0. The Bertz CT molecular complexity index is 809. The predicted molar refractivity (Wildman–Crippen MR) is 100 cm³/mol. The summed E-state index contributed by atoms with van der Waals surface area (Å²) < 4.78 is 35.8.